The van der Waals surface area contributed by atoms with Crippen LogP contribution < -0.4 is 16.0 Å². The van der Waals surface area contributed by atoms with Crippen LogP contribution in [0.1, 0.15) is 39.5 Å². The zero-order chi connectivity index (χ0) is 16.7. The van der Waals surface area contributed by atoms with Crippen LogP contribution in [0.2, 0.25) is 0 Å². The van der Waals surface area contributed by atoms with E-state index < -0.39 is 0 Å². The van der Waals surface area contributed by atoms with Gasteiger partial charge < -0.3 is 20.5 Å². The summed E-state index contributed by atoms with van der Waals surface area (Å²) in [7, 11) is 0. The topological polar surface area (TPSA) is 75.2 Å². The van der Waals surface area contributed by atoms with Crippen molar-refractivity contribution in [2.75, 3.05) is 6.54 Å². The smallest absolute Gasteiger partial charge is 0.315 e. The molecule has 1 aliphatic rings. The summed E-state index contributed by atoms with van der Waals surface area (Å²) in [5.74, 6) is 0.121. The number of nitrogens with one attached hydrogen (secondary N) is 3. The number of amides is 3. The van der Waals surface area contributed by atoms with Crippen molar-refractivity contribution in [3.05, 3.63) is 24.5 Å². The van der Waals surface area contributed by atoms with E-state index in [0.29, 0.717) is 6.54 Å². The van der Waals surface area contributed by atoms with Crippen molar-refractivity contribution in [3.8, 4) is 0 Å². The van der Waals surface area contributed by atoms with Crippen LogP contribution in [0.3, 0.4) is 0 Å². The first-order chi connectivity index (χ1) is 11.0. The largest absolute Gasteiger partial charge is 0.354 e. The van der Waals surface area contributed by atoms with Crippen LogP contribution in [0.15, 0.2) is 24.5 Å². The molecule has 1 fully saturated rings. The van der Waals surface area contributed by atoms with Gasteiger partial charge in [-0.15, -0.1) is 0 Å². The van der Waals surface area contributed by atoms with Gasteiger partial charge in [-0.2, -0.15) is 0 Å². The number of nitrogens with zero attached hydrogens (tertiary/aromatic N) is 1. The highest BCUT2D eigenvalue weighted by Gasteiger charge is 2.28. The molecule has 128 valence electrons. The third kappa shape index (κ3) is 5.96. The molecule has 0 radical (unpaired) electrons. The first kappa shape index (κ1) is 17.4. The lowest BCUT2D eigenvalue weighted by atomic mass is 9.85. The zero-order valence-electron chi connectivity index (χ0n) is 14.0. The first-order valence-electron chi connectivity index (χ1n) is 8.50. The highest BCUT2D eigenvalue weighted by Crippen LogP contribution is 2.24. The Hall–Kier alpha value is -1.98. The Morgan fingerprint density at radius 2 is 1.96 bits per heavy atom. The molecule has 3 amide bonds. The predicted molar refractivity (Wildman–Crippen MR) is 90.0 cm³/mol. The van der Waals surface area contributed by atoms with Gasteiger partial charge in [0, 0.05) is 43.5 Å². The lowest BCUT2D eigenvalue weighted by molar-refractivity contribution is -0.126. The molecule has 1 saturated carbocycles. The Balaban J connectivity index is 1.69. The van der Waals surface area contributed by atoms with E-state index in [2.05, 4.69) is 16.0 Å². The summed E-state index contributed by atoms with van der Waals surface area (Å²) in [6.45, 7) is 5.28. The van der Waals surface area contributed by atoms with Crippen LogP contribution in [0.5, 0.6) is 0 Å². The van der Waals surface area contributed by atoms with Gasteiger partial charge in [-0.25, -0.2) is 4.79 Å². The molecule has 1 aromatic rings. The maximum absolute atomic E-state index is 12.1. The lowest BCUT2D eigenvalue weighted by Crippen LogP contribution is -2.47. The summed E-state index contributed by atoms with van der Waals surface area (Å²) >= 11 is 0. The summed E-state index contributed by atoms with van der Waals surface area (Å²) in [6, 6.07) is 4.02. The van der Waals surface area contributed by atoms with Crippen LogP contribution >= 0.6 is 0 Å². The summed E-state index contributed by atoms with van der Waals surface area (Å²) < 4.78 is 2.02. The molecule has 0 aliphatic heterocycles. The molecule has 3 N–H and O–H groups in total. The lowest BCUT2D eigenvalue weighted by Gasteiger charge is -2.29. The molecule has 0 unspecified atom stereocenters. The SMILES string of the molecule is CC(C)NC(=O)[C@@H]1CCC[C@H](NC(=O)NCCn2cccc2)C1. The number of urea groups is 1. The quantitative estimate of drug-likeness (QED) is 0.748. The van der Waals surface area contributed by atoms with Gasteiger partial charge in [-0.3, -0.25) is 4.79 Å². The van der Waals surface area contributed by atoms with Crippen molar-refractivity contribution in [2.24, 2.45) is 5.92 Å². The van der Waals surface area contributed by atoms with E-state index >= 15 is 0 Å². The average molecular weight is 320 g/mol. The minimum atomic E-state index is -0.146. The molecule has 2 rings (SSSR count). The first-order valence-corrected chi connectivity index (χ1v) is 8.50. The van der Waals surface area contributed by atoms with Crippen LogP contribution in [-0.4, -0.2) is 35.1 Å². The Bertz CT molecular complexity index is 499. The second kappa shape index (κ2) is 8.60. The van der Waals surface area contributed by atoms with Gasteiger partial charge in [0.25, 0.3) is 0 Å². The van der Waals surface area contributed by atoms with Gasteiger partial charge in [-0.05, 0) is 45.2 Å². The standard InChI is InChI=1S/C17H28N4O2/c1-13(2)19-16(22)14-6-5-7-15(12-14)20-17(23)18-8-11-21-9-3-4-10-21/h3-4,9-10,13-15H,5-8,11-12H2,1-2H3,(H,19,22)(H2,18,20,23)/t14-,15+/m1/s1. The summed E-state index contributed by atoms with van der Waals surface area (Å²) in [4.78, 5) is 24.1. The van der Waals surface area contributed by atoms with Gasteiger partial charge in [0.2, 0.25) is 5.91 Å². The molecule has 6 heteroatoms. The van der Waals surface area contributed by atoms with Gasteiger partial charge in [0.1, 0.15) is 0 Å². The van der Waals surface area contributed by atoms with Crippen molar-refractivity contribution in [2.45, 2.75) is 58.2 Å². The Morgan fingerprint density at radius 3 is 2.65 bits per heavy atom. The van der Waals surface area contributed by atoms with E-state index in [-0.39, 0.29) is 29.9 Å². The van der Waals surface area contributed by atoms with Gasteiger partial charge in [0.05, 0.1) is 0 Å². The van der Waals surface area contributed by atoms with E-state index in [1.54, 1.807) is 0 Å². The highest BCUT2D eigenvalue weighted by molar-refractivity contribution is 5.79. The van der Waals surface area contributed by atoms with E-state index in [1.165, 1.54) is 0 Å². The fourth-order valence-electron chi connectivity index (χ4n) is 3.02. The average Bonchev–Trinajstić information content (AvgIpc) is 3.00. The second-order valence-electron chi connectivity index (χ2n) is 6.54. The van der Waals surface area contributed by atoms with E-state index in [0.717, 1.165) is 32.2 Å². The van der Waals surface area contributed by atoms with Gasteiger partial charge >= 0.3 is 6.03 Å². The van der Waals surface area contributed by atoms with Crippen molar-refractivity contribution in [3.63, 3.8) is 0 Å². The van der Waals surface area contributed by atoms with Crippen molar-refractivity contribution in [1.29, 1.82) is 0 Å². The normalized spacial score (nSPS) is 21.0. The molecule has 0 bridgehead atoms. The number of carbonyl (C=O) groups is 2. The number of hydrogen-bond donors (Lipinski definition) is 3. The third-order valence-corrected chi connectivity index (χ3v) is 4.13. The number of carbonyl (C=O) groups excluding carboxylic acids is 2. The molecule has 23 heavy (non-hydrogen) atoms. The molecular weight excluding hydrogens is 292 g/mol. The molecule has 6 nitrogen and oxygen atoms in total. The molecule has 1 aliphatic carbocycles. The molecule has 1 heterocycles. The summed E-state index contributed by atoms with van der Waals surface area (Å²) in [5.41, 5.74) is 0. The van der Waals surface area contributed by atoms with Gasteiger partial charge in [0.15, 0.2) is 0 Å². The maximum Gasteiger partial charge on any atom is 0.315 e. The highest BCUT2D eigenvalue weighted by atomic mass is 16.2. The van der Waals surface area contributed by atoms with Crippen molar-refractivity contribution in [1.82, 2.24) is 20.5 Å². The summed E-state index contributed by atoms with van der Waals surface area (Å²) in [5, 5.41) is 8.84. The molecule has 2 atom stereocenters. The van der Waals surface area contributed by atoms with Crippen molar-refractivity contribution >= 4 is 11.9 Å². The fourth-order valence-corrected chi connectivity index (χ4v) is 3.02. The summed E-state index contributed by atoms with van der Waals surface area (Å²) in [6.07, 6.45) is 7.49. The van der Waals surface area contributed by atoms with Crippen LogP contribution in [0.4, 0.5) is 4.79 Å². The number of hydrogen-bond acceptors (Lipinski definition) is 2. The predicted octanol–water partition coefficient (Wildman–Crippen LogP) is 1.87. The zero-order valence-corrected chi connectivity index (χ0v) is 14.0. The minimum absolute atomic E-state index is 0.0105. The Labute approximate surface area is 138 Å². The number of rotatable bonds is 6. The van der Waals surface area contributed by atoms with Crippen molar-refractivity contribution < 1.29 is 9.59 Å². The molecule has 0 saturated heterocycles. The Kier molecular flexibility index (Phi) is 6.50. The minimum Gasteiger partial charge on any atom is -0.354 e. The third-order valence-electron chi connectivity index (χ3n) is 4.13. The van der Waals surface area contributed by atoms with E-state index in [9.17, 15) is 9.59 Å². The van der Waals surface area contributed by atoms with Crippen LogP contribution in [0.25, 0.3) is 0 Å². The molecular formula is C17H28N4O2. The van der Waals surface area contributed by atoms with E-state index in [1.807, 2.05) is 42.9 Å². The molecule has 1 aromatic heterocycles. The Morgan fingerprint density at radius 1 is 1.22 bits per heavy atom. The van der Waals surface area contributed by atoms with Crippen LogP contribution in [-0.2, 0) is 11.3 Å². The van der Waals surface area contributed by atoms with E-state index in [4.69, 9.17) is 0 Å². The van der Waals surface area contributed by atoms with Gasteiger partial charge in [-0.1, -0.05) is 6.42 Å². The molecule has 0 spiro atoms. The maximum atomic E-state index is 12.1. The fraction of sp³-hybridized carbons (Fsp3) is 0.647. The molecule has 0 aromatic carbocycles. The monoisotopic (exact) mass is 320 g/mol. The van der Waals surface area contributed by atoms with Crippen LogP contribution in [0, 0.1) is 5.92 Å². The second-order valence-corrected chi connectivity index (χ2v) is 6.54. The number of aromatic nitrogens is 1.